The molecule has 0 bridgehead atoms. The van der Waals surface area contributed by atoms with Gasteiger partial charge in [0.15, 0.2) is 0 Å². The van der Waals surface area contributed by atoms with E-state index in [0.29, 0.717) is 30.0 Å². The zero-order valence-corrected chi connectivity index (χ0v) is 21.6. The summed E-state index contributed by atoms with van der Waals surface area (Å²) in [4.78, 5) is 41.6. The van der Waals surface area contributed by atoms with Crippen molar-refractivity contribution in [1.29, 1.82) is 0 Å². The molecular formula is C27H34N2O7. The molecule has 2 aliphatic rings. The lowest BCUT2D eigenvalue weighted by Gasteiger charge is -2.60. The molecule has 9 nitrogen and oxygen atoms in total. The average molecular weight is 499 g/mol. The summed E-state index contributed by atoms with van der Waals surface area (Å²) in [6, 6.07) is 6.37. The number of hydrogen-bond donors (Lipinski definition) is 3. The first-order chi connectivity index (χ1) is 16.7. The number of pyridine rings is 1. The standard InChI is InChI=1S/C27H34N2O7/c1-15-7-8-18(35-6)12-20(15)26-9-10-29(24(33)36-25(3,4)5)16(2)27(26,34)13-17-11-19(23(31)32)22(30)28-21(17)14-26/h7-8,11-12,16,34H,9-10,13-14H2,1-6H3,(H,28,30)(H,31,32). The molecule has 1 saturated heterocycles. The van der Waals surface area contributed by atoms with Gasteiger partial charge in [0.2, 0.25) is 0 Å². The highest BCUT2D eigenvalue weighted by Gasteiger charge is 2.62. The molecule has 194 valence electrons. The van der Waals surface area contributed by atoms with Gasteiger partial charge in [0.25, 0.3) is 5.56 Å². The summed E-state index contributed by atoms with van der Waals surface area (Å²) in [5.74, 6) is -0.700. The van der Waals surface area contributed by atoms with Crippen LogP contribution in [0.2, 0.25) is 0 Å². The number of H-pyrrole nitrogens is 1. The molecule has 1 aromatic heterocycles. The molecule has 1 aromatic carbocycles. The number of carbonyl (C=O) groups excluding carboxylic acids is 1. The van der Waals surface area contributed by atoms with Gasteiger partial charge in [-0.15, -0.1) is 0 Å². The van der Waals surface area contributed by atoms with Gasteiger partial charge in [0.05, 0.1) is 18.8 Å². The van der Waals surface area contributed by atoms with E-state index in [4.69, 9.17) is 9.47 Å². The minimum Gasteiger partial charge on any atom is -0.497 e. The van der Waals surface area contributed by atoms with E-state index in [0.717, 1.165) is 11.1 Å². The lowest BCUT2D eigenvalue weighted by Crippen LogP contribution is -2.72. The molecule has 2 aromatic rings. The number of rotatable bonds is 3. The van der Waals surface area contributed by atoms with Crippen LogP contribution >= 0.6 is 0 Å². The highest BCUT2D eigenvalue weighted by molar-refractivity contribution is 5.87. The summed E-state index contributed by atoms with van der Waals surface area (Å²) in [5, 5.41) is 22.1. The van der Waals surface area contributed by atoms with Crippen molar-refractivity contribution in [2.75, 3.05) is 13.7 Å². The molecule has 0 radical (unpaired) electrons. The molecular weight excluding hydrogens is 464 g/mol. The maximum absolute atomic E-state index is 13.1. The second-order valence-electron chi connectivity index (χ2n) is 11.0. The monoisotopic (exact) mass is 498 g/mol. The number of carboxylic acids is 1. The average Bonchev–Trinajstić information content (AvgIpc) is 2.77. The number of piperidine rings is 1. The summed E-state index contributed by atoms with van der Waals surface area (Å²) in [5.41, 5.74) is -1.16. The van der Waals surface area contributed by atoms with E-state index in [-0.39, 0.29) is 18.4 Å². The number of aromatic amines is 1. The van der Waals surface area contributed by atoms with Crippen LogP contribution in [0.5, 0.6) is 5.75 Å². The number of aromatic carboxylic acids is 1. The van der Waals surface area contributed by atoms with E-state index < -0.39 is 40.3 Å². The summed E-state index contributed by atoms with van der Waals surface area (Å²) < 4.78 is 11.1. The van der Waals surface area contributed by atoms with E-state index in [1.54, 1.807) is 39.7 Å². The number of nitrogens with zero attached hydrogens (tertiary/aromatic N) is 1. The number of nitrogens with one attached hydrogen (secondary N) is 1. The van der Waals surface area contributed by atoms with Gasteiger partial charge in [0, 0.05) is 30.5 Å². The molecule has 1 aliphatic carbocycles. The topological polar surface area (TPSA) is 129 Å². The van der Waals surface area contributed by atoms with Crippen molar-refractivity contribution >= 4 is 12.1 Å². The minimum atomic E-state index is -1.49. The van der Waals surface area contributed by atoms with Crippen LogP contribution in [0.4, 0.5) is 4.79 Å². The lowest BCUT2D eigenvalue weighted by molar-refractivity contribution is -0.136. The predicted octanol–water partition coefficient (Wildman–Crippen LogP) is 3.19. The first-order valence-electron chi connectivity index (χ1n) is 12.1. The van der Waals surface area contributed by atoms with Gasteiger partial charge in [-0.05, 0) is 75.9 Å². The summed E-state index contributed by atoms with van der Waals surface area (Å²) in [6.07, 6.45) is 0.215. The molecule has 3 N–H and O–H groups in total. The number of carbonyl (C=O) groups is 2. The van der Waals surface area contributed by atoms with Gasteiger partial charge in [-0.25, -0.2) is 9.59 Å². The predicted molar refractivity (Wildman–Crippen MR) is 133 cm³/mol. The molecule has 1 aliphatic heterocycles. The number of carboxylic acid groups (broad SMARTS) is 1. The number of likely N-dealkylation sites (tertiary alicyclic amines) is 1. The molecule has 36 heavy (non-hydrogen) atoms. The van der Waals surface area contributed by atoms with Crippen molar-refractivity contribution in [1.82, 2.24) is 9.88 Å². The number of amides is 1. The van der Waals surface area contributed by atoms with E-state index in [1.165, 1.54) is 6.07 Å². The molecule has 0 saturated carbocycles. The van der Waals surface area contributed by atoms with Crippen LogP contribution in [0.3, 0.4) is 0 Å². The molecule has 1 fully saturated rings. The number of aliphatic hydroxyl groups is 1. The Labute approximate surface area is 210 Å². The maximum atomic E-state index is 13.1. The van der Waals surface area contributed by atoms with Crippen molar-refractivity contribution in [3.63, 3.8) is 0 Å². The summed E-state index contributed by atoms with van der Waals surface area (Å²) in [6.45, 7) is 9.46. The van der Waals surface area contributed by atoms with Crippen LogP contribution in [-0.2, 0) is 23.0 Å². The van der Waals surface area contributed by atoms with Gasteiger partial charge >= 0.3 is 12.1 Å². The first-order valence-corrected chi connectivity index (χ1v) is 12.1. The van der Waals surface area contributed by atoms with Gasteiger partial charge in [-0.3, -0.25) is 4.79 Å². The Morgan fingerprint density at radius 2 is 1.89 bits per heavy atom. The van der Waals surface area contributed by atoms with Crippen molar-refractivity contribution < 1.29 is 29.3 Å². The Balaban J connectivity index is 1.92. The number of aryl methyl sites for hydroxylation is 1. The number of hydrogen-bond acceptors (Lipinski definition) is 6. The fourth-order valence-corrected chi connectivity index (χ4v) is 5.89. The van der Waals surface area contributed by atoms with E-state index in [9.17, 15) is 24.6 Å². The molecule has 9 heteroatoms. The molecule has 0 spiro atoms. The van der Waals surface area contributed by atoms with E-state index in [2.05, 4.69) is 4.98 Å². The fraction of sp³-hybridized carbons (Fsp3) is 0.519. The molecule has 1 amide bonds. The maximum Gasteiger partial charge on any atom is 0.410 e. The van der Waals surface area contributed by atoms with Crippen LogP contribution in [0.1, 0.15) is 66.9 Å². The smallest absolute Gasteiger partial charge is 0.410 e. The summed E-state index contributed by atoms with van der Waals surface area (Å²) >= 11 is 0. The van der Waals surface area contributed by atoms with Crippen molar-refractivity contribution in [2.24, 2.45) is 0 Å². The Morgan fingerprint density at radius 1 is 1.19 bits per heavy atom. The van der Waals surface area contributed by atoms with Crippen LogP contribution in [-0.4, -0.2) is 63.1 Å². The number of ether oxygens (including phenoxy) is 2. The number of aromatic nitrogens is 1. The third-order valence-electron chi connectivity index (χ3n) is 7.74. The van der Waals surface area contributed by atoms with Gasteiger partial charge in [-0.1, -0.05) is 6.07 Å². The second-order valence-corrected chi connectivity index (χ2v) is 11.0. The van der Waals surface area contributed by atoms with Crippen LogP contribution in [0, 0.1) is 6.92 Å². The van der Waals surface area contributed by atoms with E-state index >= 15 is 0 Å². The van der Waals surface area contributed by atoms with Gasteiger partial charge in [0.1, 0.15) is 16.9 Å². The molecule has 3 atom stereocenters. The number of fused-ring (bicyclic) bond motifs is 2. The largest absolute Gasteiger partial charge is 0.497 e. The Hall–Kier alpha value is -3.33. The van der Waals surface area contributed by atoms with Crippen LogP contribution < -0.4 is 10.3 Å². The van der Waals surface area contributed by atoms with Crippen molar-refractivity contribution in [3.8, 4) is 5.75 Å². The van der Waals surface area contributed by atoms with Crippen molar-refractivity contribution in [3.05, 3.63) is 62.6 Å². The summed E-state index contributed by atoms with van der Waals surface area (Å²) in [7, 11) is 1.58. The molecule has 2 heterocycles. The van der Waals surface area contributed by atoms with Gasteiger partial charge < -0.3 is 29.6 Å². The van der Waals surface area contributed by atoms with Gasteiger partial charge in [-0.2, -0.15) is 0 Å². The highest BCUT2D eigenvalue weighted by atomic mass is 16.6. The van der Waals surface area contributed by atoms with E-state index in [1.807, 2.05) is 25.1 Å². The Bertz CT molecular complexity index is 1280. The van der Waals surface area contributed by atoms with Crippen LogP contribution in [0.15, 0.2) is 29.1 Å². The third-order valence-corrected chi connectivity index (χ3v) is 7.74. The fourth-order valence-electron chi connectivity index (χ4n) is 5.89. The highest BCUT2D eigenvalue weighted by Crippen LogP contribution is 2.53. The number of methoxy groups -OCH3 is 1. The first kappa shape index (κ1) is 25.8. The zero-order chi connectivity index (χ0) is 26.6. The van der Waals surface area contributed by atoms with Crippen molar-refractivity contribution in [2.45, 2.75) is 76.5 Å². The third kappa shape index (κ3) is 4.05. The second kappa shape index (κ2) is 8.65. The molecule has 4 rings (SSSR count). The number of benzene rings is 1. The zero-order valence-electron chi connectivity index (χ0n) is 21.6. The molecule has 3 unspecified atom stereocenters. The lowest BCUT2D eigenvalue weighted by atomic mass is 9.53. The normalized spacial score (nSPS) is 25.5. The minimum absolute atomic E-state index is 0.0521. The SMILES string of the molecule is COc1ccc(C)c(C23CCN(C(=O)OC(C)(C)C)C(C)C2(O)Cc2cc(C(=O)O)c(=O)[nH]c2C3)c1. The Morgan fingerprint density at radius 3 is 2.50 bits per heavy atom. The quantitative estimate of drug-likeness (QED) is 0.593. The van der Waals surface area contributed by atoms with Crippen LogP contribution in [0.25, 0.3) is 0 Å². The Kier molecular flexibility index (Phi) is 6.19.